The Kier molecular flexibility index (Phi) is 8.97. The number of rotatable bonds is 9. The molecule has 8 heteroatoms. The van der Waals surface area contributed by atoms with E-state index in [1.54, 1.807) is 43.3 Å². The molecule has 0 spiro atoms. The Balaban J connectivity index is 1.49. The molecule has 0 bridgehead atoms. The molecule has 0 fully saturated rings. The van der Waals surface area contributed by atoms with Gasteiger partial charge >= 0.3 is 5.97 Å². The molecule has 1 amide bonds. The standard InChI is InChI=1S/C31H25BrN2O5/c1-3-38-31(36)22-10-12-26(13-11-22)34-30(35)25(18-33)15-24-16-28(37-2)29(17-27(24)32)39-19-20-8-9-21-6-4-5-7-23(21)14-20/h4-17H,3,19H2,1-2H3,(H,34,35)/b25-15+. The highest BCUT2D eigenvalue weighted by molar-refractivity contribution is 9.10. The maximum atomic E-state index is 12.8. The minimum atomic E-state index is -0.594. The Bertz CT molecular complexity index is 1590. The molecule has 0 atom stereocenters. The van der Waals surface area contributed by atoms with Crippen LogP contribution in [0.5, 0.6) is 11.5 Å². The largest absolute Gasteiger partial charge is 0.493 e. The molecular weight excluding hydrogens is 560 g/mol. The summed E-state index contributed by atoms with van der Waals surface area (Å²) >= 11 is 3.51. The molecule has 0 aliphatic carbocycles. The average Bonchev–Trinajstić information content (AvgIpc) is 2.95. The van der Waals surface area contributed by atoms with Crippen molar-refractivity contribution >= 4 is 50.3 Å². The fourth-order valence-electron chi connectivity index (χ4n) is 3.83. The van der Waals surface area contributed by atoms with E-state index in [1.165, 1.54) is 13.2 Å². The lowest BCUT2D eigenvalue weighted by Gasteiger charge is -2.13. The van der Waals surface area contributed by atoms with Crippen molar-refractivity contribution in [2.75, 3.05) is 19.0 Å². The van der Waals surface area contributed by atoms with Gasteiger partial charge in [0.2, 0.25) is 0 Å². The van der Waals surface area contributed by atoms with Crippen LogP contribution in [0.25, 0.3) is 16.8 Å². The second-order valence-electron chi connectivity index (χ2n) is 8.42. The number of fused-ring (bicyclic) bond motifs is 1. The van der Waals surface area contributed by atoms with E-state index in [1.807, 2.05) is 24.3 Å². The van der Waals surface area contributed by atoms with Crippen LogP contribution in [0.15, 0.2) is 88.9 Å². The molecule has 0 aromatic heterocycles. The Morgan fingerprint density at radius 2 is 1.72 bits per heavy atom. The van der Waals surface area contributed by atoms with Crippen molar-refractivity contribution in [1.82, 2.24) is 0 Å². The van der Waals surface area contributed by atoms with Gasteiger partial charge in [-0.05, 0) is 77.4 Å². The SMILES string of the molecule is CCOC(=O)c1ccc(NC(=O)/C(C#N)=C/c2cc(OC)c(OCc3ccc4ccccc4c3)cc2Br)cc1. The number of halogens is 1. The first-order valence-corrected chi connectivity index (χ1v) is 12.9. The lowest BCUT2D eigenvalue weighted by molar-refractivity contribution is -0.112. The van der Waals surface area contributed by atoms with Crippen molar-refractivity contribution < 1.29 is 23.8 Å². The molecule has 7 nitrogen and oxygen atoms in total. The van der Waals surface area contributed by atoms with Crippen LogP contribution in [0.1, 0.15) is 28.4 Å². The van der Waals surface area contributed by atoms with Gasteiger partial charge in [0.1, 0.15) is 18.2 Å². The molecule has 0 aliphatic heterocycles. The molecular formula is C31H25BrN2O5. The van der Waals surface area contributed by atoms with Crippen molar-refractivity contribution in [3.63, 3.8) is 0 Å². The number of nitrogens with zero attached hydrogens (tertiary/aromatic N) is 1. The summed E-state index contributed by atoms with van der Waals surface area (Å²) in [6.45, 7) is 2.33. The normalized spacial score (nSPS) is 11.0. The topological polar surface area (TPSA) is 97.7 Å². The Morgan fingerprint density at radius 3 is 2.41 bits per heavy atom. The van der Waals surface area contributed by atoms with Gasteiger partial charge in [-0.2, -0.15) is 5.26 Å². The van der Waals surface area contributed by atoms with E-state index in [9.17, 15) is 14.9 Å². The van der Waals surface area contributed by atoms with Crippen molar-refractivity contribution in [2.24, 2.45) is 0 Å². The summed E-state index contributed by atoms with van der Waals surface area (Å²) < 4.78 is 17.1. The monoisotopic (exact) mass is 584 g/mol. The third-order valence-corrected chi connectivity index (χ3v) is 6.50. The number of nitrogens with one attached hydrogen (secondary N) is 1. The van der Waals surface area contributed by atoms with Gasteiger partial charge in [-0.15, -0.1) is 0 Å². The summed E-state index contributed by atoms with van der Waals surface area (Å²) in [7, 11) is 1.53. The van der Waals surface area contributed by atoms with E-state index in [4.69, 9.17) is 14.2 Å². The molecule has 0 unspecified atom stereocenters. The van der Waals surface area contributed by atoms with Crippen molar-refractivity contribution in [3.8, 4) is 17.6 Å². The fourth-order valence-corrected chi connectivity index (χ4v) is 4.27. The fraction of sp³-hybridized carbons (Fsp3) is 0.129. The average molecular weight is 585 g/mol. The van der Waals surface area contributed by atoms with Gasteiger partial charge in [0, 0.05) is 10.2 Å². The zero-order chi connectivity index (χ0) is 27.8. The van der Waals surface area contributed by atoms with Crippen LogP contribution in [-0.4, -0.2) is 25.6 Å². The quantitative estimate of drug-likeness (QED) is 0.130. The molecule has 0 aliphatic rings. The van der Waals surface area contributed by atoms with Crippen molar-refractivity contribution in [2.45, 2.75) is 13.5 Å². The highest BCUT2D eigenvalue weighted by atomic mass is 79.9. The number of hydrogen-bond donors (Lipinski definition) is 1. The van der Waals surface area contributed by atoms with E-state index < -0.39 is 11.9 Å². The van der Waals surface area contributed by atoms with Crippen LogP contribution < -0.4 is 14.8 Å². The smallest absolute Gasteiger partial charge is 0.338 e. The summed E-state index contributed by atoms with van der Waals surface area (Å²) in [6, 6.07) is 25.9. The summed E-state index contributed by atoms with van der Waals surface area (Å²) in [6.07, 6.45) is 1.46. The number of nitriles is 1. The molecule has 4 aromatic rings. The molecule has 196 valence electrons. The van der Waals surface area contributed by atoms with Gasteiger partial charge in [0.25, 0.3) is 5.91 Å². The molecule has 4 aromatic carbocycles. The molecule has 4 rings (SSSR count). The number of hydrogen-bond acceptors (Lipinski definition) is 6. The van der Waals surface area contributed by atoms with Crippen LogP contribution in [0, 0.1) is 11.3 Å². The van der Waals surface area contributed by atoms with Crippen LogP contribution in [-0.2, 0) is 16.1 Å². The molecule has 0 saturated carbocycles. The second kappa shape index (κ2) is 12.8. The molecule has 0 saturated heterocycles. The number of anilines is 1. The Morgan fingerprint density at radius 1 is 0.974 bits per heavy atom. The Labute approximate surface area is 234 Å². The predicted octanol–water partition coefficient (Wildman–Crippen LogP) is 6.91. The van der Waals surface area contributed by atoms with Gasteiger partial charge in [-0.1, -0.05) is 52.3 Å². The third-order valence-electron chi connectivity index (χ3n) is 5.81. The number of methoxy groups -OCH3 is 1. The van der Waals surface area contributed by atoms with Gasteiger partial charge < -0.3 is 19.5 Å². The van der Waals surface area contributed by atoms with Crippen LogP contribution in [0.2, 0.25) is 0 Å². The van der Waals surface area contributed by atoms with E-state index in [0.717, 1.165) is 16.3 Å². The number of amides is 1. The summed E-state index contributed by atoms with van der Waals surface area (Å²) in [4.78, 5) is 24.6. The van der Waals surface area contributed by atoms with Crippen molar-refractivity contribution in [3.05, 3.63) is 106 Å². The summed E-state index contributed by atoms with van der Waals surface area (Å²) in [5, 5.41) is 14.6. The zero-order valence-electron chi connectivity index (χ0n) is 21.4. The molecule has 0 heterocycles. The Hall–Kier alpha value is -4.61. The van der Waals surface area contributed by atoms with Crippen LogP contribution in [0.3, 0.4) is 0 Å². The number of carbonyl (C=O) groups excluding carboxylic acids is 2. The molecule has 39 heavy (non-hydrogen) atoms. The van der Waals surface area contributed by atoms with Crippen LogP contribution in [0.4, 0.5) is 5.69 Å². The number of esters is 1. The number of ether oxygens (including phenoxy) is 3. The van der Waals surface area contributed by atoms with Gasteiger partial charge in [0.05, 0.1) is 19.3 Å². The van der Waals surface area contributed by atoms with Gasteiger partial charge in [0.15, 0.2) is 11.5 Å². The molecule has 0 radical (unpaired) electrons. The predicted molar refractivity (Wildman–Crippen MR) is 154 cm³/mol. The zero-order valence-corrected chi connectivity index (χ0v) is 22.9. The lowest BCUT2D eigenvalue weighted by Crippen LogP contribution is -2.13. The molecule has 1 N–H and O–H groups in total. The number of carbonyl (C=O) groups is 2. The summed E-state index contributed by atoms with van der Waals surface area (Å²) in [5.41, 5.74) is 2.26. The minimum Gasteiger partial charge on any atom is -0.493 e. The maximum absolute atomic E-state index is 12.8. The minimum absolute atomic E-state index is 0.114. The first-order chi connectivity index (χ1) is 18.9. The highest BCUT2D eigenvalue weighted by Crippen LogP contribution is 2.35. The maximum Gasteiger partial charge on any atom is 0.338 e. The highest BCUT2D eigenvalue weighted by Gasteiger charge is 2.15. The van der Waals surface area contributed by atoms with E-state index in [-0.39, 0.29) is 12.2 Å². The summed E-state index contributed by atoms with van der Waals surface area (Å²) in [5.74, 6) is -0.0721. The lowest BCUT2D eigenvalue weighted by atomic mass is 10.1. The second-order valence-corrected chi connectivity index (χ2v) is 9.27. The first-order valence-electron chi connectivity index (χ1n) is 12.1. The van der Waals surface area contributed by atoms with E-state index in [0.29, 0.717) is 39.4 Å². The van der Waals surface area contributed by atoms with Gasteiger partial charge in [-0.25, -0.2) is 4.79 Å². The number of benzene rings is 4. The van der Waals surface area contributed by atoms with Crippen LogP contribution >= 0.6 is 15.9 Å². The third kappa shape index (κ3) is 6.83. The van der Waals surface area contributed by atoms with E-state index >= 15 is 0 Å². The van der Waals surface area contributed by atoms with Crippen molar-refractivity contribution in [1.29, 1.82) is 5.26 Å². The first kappa shape index (κ1) is 27.4. The van der Waals surface area contributed by atoms with E-state index in [2.05, 4.69) is 45.5 Å². The van der Waals surface area contributed by atoms with Gasteiger partial charge in [-0.3, -0.25) is 4.79 Å².